The van der Waals surface area contributed by atoms with Gasteiger partial charge in [0.15, 0.2) is 0 Å². The Bertz CT molecular complexity index is 665. The molecule has 1 saturated heterocycles. The van der Waals surface area contributed by atoms with Crippen molar-refractivity contribution in [1.29, 1.82) is 0 Å². The number of para-hydroxylation sites is 1. The first-order chi connectivity index (χ1) is 11.3. The molecule has 23 heavy (non-hydrogen) atoms. The van der Waals surface area contributed by atoms with Crippen molar-refractivity contribution >= 4 is 5.91 Å². The Balaban J connectivity index is 1.56. The summed E-state index contributed by atoms with van der Waals surface area (Å²) in [7, 11) is 1.59. The van der Waals surface area contributed by atoms with Gasteiger partial charge in [-0.25, -0.2) is 0 Å². The predicted octanol–water partition coefficient (Wildman–Crippen LogP) is 1.58. The van der Waals surface area contributed by atoms with Crippen molar-refractivity contribution in [2.45, 2.75) is 25.4 Å². The summed E-state index contributed by atoms with van der Waals surface area (Å²) >= 11 is 0. The molecule has 7 nitrogen and oxygen atoms in total. The summed E-state index contributed by atoms with van der Waals surface area (Å²) in [6.45, 7) is 1.09. The topological polar surface area (TPSA) is 86.5 Å². The van der Waals surface area contributed by atoms with Gasteiger partial charge >= 0.3 is 0 Å². The van der Waals surface area contributed by atoms with E-state index in [4.69, 9.17) is 13.9 Å². The molecule has 0 aliphatic carbocycles. The summed E-state index contributed by atoms with van der Waals surface area (Å²) in [5.41, 5.74) is 0.747. The van der Waals surface area contributed by atoms with Crippen LogP contribution in [0.3, 0.4) is 0 Å². The molecule has 0 radical (unpaired) electrons. The van der Waals surface area contributed by atoms with E-state index in [0.29, 0.717) is 37.1 Å². The SMILES string of the molecule is COc1ccccc1-c1nnc(CCNC(=O)C2CCCO2)o1. The Morgan fingerprint density at radius 2 is 2.26 bits per heavy atom. The molecule has 1 fully saturated rings. The van der Waals surface area contributed by atoms with Gasteiger partial charge < -0.3 is 19.2 Å². The van der Waals surface area contributed by atoms with E-state index >= 15 is 0 Å². The number of hydrogen-bond donors (Lipinski definition) is 1. The lowest BCUT2D eigenvalue weighted by Gasteiger charge is -2.09. The molecular formula is C16H19N3O4. The molecule has 0 spiro atoms. The number of amides is 1. The number of carbonyl (C=O) groups excluding carboxylic acids is 1. The first kappa shape index (κ1) is 15.5. The highest BCUT2D eigenvalue weighted by atomic mass is 16.5. The molecule has 1 unspecified atom stereocenters. The average molecular weight is 317 g/mol. The Labute approximate surface area is 134 Å². The zero-order chi connectivity index (χ0) is 16.1. The van der Waals surface area contributed by atoms with Crippen molar-refractivity contribution < 1.29 is 18.7 Å². The van der Waals surface area contributed by atoms with Crippen molar-refractivity contribution in [2.75, 3.05) is 20.3 Å². The van der Waals surface area contributed by atoms with Gasteiger partial charge in [-0.15, -0.1) is 10.2 Å². The van der Waals surface area contributed by atoms with Crippen molar-refractivity contribution in [3.8, 4) is 17.2 Å². The molecule has 3 rings (SSSR count). The standard InChI is InChI=1S/C16H19N3O4/c1-21-12-6-3-2-5-11(12)16-19-18-14(23-16)8-9-17-15(20)13-7-4-10-22-13/h2-3,5-6,13H,4,7-10H2,1H3,(H,17,20). The van der Waals surface area contributed by atoms with Crippen LogP contribution in [0.4, 0.5) is 0 Å². The molecule has 2 heterocycles. The summed E-state index contributed by atoms with van der Waals surface area (Å²) in [5, 5.41) is 10.9. The summed E-state index contributed by atoms with van der Waals surface area (Å²) in [6, 6.07) is 7.44. The van der Waals surface area contributed by atoms with Crippen LogP contribution in [-0.2, 0) is 16.0 Å². The van der Waals surface area contributed by atoms with E-state index in [9.17, 15) is 4.79 Å². The molecule has 1 atom stereocenters. The highest BCUT2D eigenvalue weighted by Crippen LogP contribution is 2.28. The summed E-state index contributed by atoms with van der Waals surface area (Å²) in [6.07, 6.45) is 1.87. The van der Waals surface area contributed by atoms with Gasteiger partial charge in [-0.05, 0) is 25.0 Å². The number of hydrogen-bond acceptors (Lipinski definition) is 6. The number of aromatic nitrogens is 2. The second kappa shape index (κ2) is 7.23. The Morgan fingerprint density at radius 1 is 1.39 bits per heavy atom. The van der Waals surface area contributed by atoms with E-state index in [1.54, 1.807) is 7.11 Å². The Hall–Kier alpha value is -2.41. The van der Waals surface area contributed by atoms with Crippen molar-refractivity contribution in [3.05, 3.63) is 30.2 Å². The van der Waals surface area contributed by atoms with Crippen LogP contribution in [0.5, 0.6) is 5.75 Å². The molecule has 7 heteroatoms. The summed E-state index contributed by atoms with van der Waals surface area (Å²) < 4.78 is 16.2. The molecule has 1 aliphatic heterocycles. The summed E-state index contributed by atoms with van der Waals surface area (Å²) in [4.78, 5) is 11.8. The van der Waals surface area contributed by atoms with E-state index in [2.05, 4.69) is 15.5 Å². The van der Waals surface area contributed by atoms with E-state index < -0.39 is 0 Å². The van der Waals surface area contributed by atoms with Gasteiger partial charge in [-0.2, -0.15) is 0 Å². The van der Waals surface area contributed by atoms with Gasteiger partial charge in [-0.1, -0.05) is 12.1 Å². The maximum absolute atomic E-state index is 11.8. The van der Waals surface area contributed by atoms with Crippen LogP contribution in [0.25, 0.3) is 11.5 Å². The van der Waals surface area contributed by atoms with Crippen molar-refractivity contribution in [2.24, 2.45) is 0 Å². The molecule has 122 valence electrons. The number of ether oxygens (including phenoxy) is 2. The van der Waals surface area contributed by atoms with E-state index in [1.807, 2.05) is 24.3 Å². The average Bonchev–Trinajstić information content (AvgIpc) is 3.26. The van der Waals surface area contributed by atoms with Crippen LogP contribution >= 0.6 is 0 Å². The molecule has 1 N–H and O–H groups in total. The predicted molar refractivity (Wildman–Crippen MR) is 82.0 cm³/mol. The lowest BCUT2D eigenvalue weighted by Crippen LogP contribution is -2.35. The Kier molecular flexibility index (Phi) is 4.87. The van der Waals surface area contributed by atoms with Gasteiger partial charge in [0.05, 0.1) is 12.7 Å². The van der Waals surface area contributed by atoms with E-state index in [0.717, 1.165) is 18.4 Å². The first-order valence-corrected chi connectivity index (χ1v) is 7.63. The van der Waals surface area contributed by atoms with Gasteiger partial charge in [-0.3, -0.25) is 4.79 Å². The number of nitrogens with zero attached hydrogens (tertiary/aromatic N) is 2. The molecule has 1 aromatic carbocycles. The maximum atomic E-state index is 11.8. The minimum Gasteiger partial charge on any atom is -0.496 e. The third-order valence-electron chi connectivity index (χ3n) is 3.66. The largest absolute Gasteiger partial charge is 0.496 e. The second-order valence-electron chi connectivity index (χ2n) is 5.24. The first-order valence-electron chi connectivity index (χ1n) is 7.63. The van der Waals surface area contributed by atoms with Crippen molar-refractivity contribution in [3.63, 3.8) is 0 Å². The van der Waals surface area contributed by atoms with Gasteiger partial charge in [0.1, 0.15) is 11.9 Å². The van der Waals surface area contributed by atoms with Gasteiger partial charge in [0.25, 0.3) is 5.89 Å². The van der Waals surface area contributed by atoms with Crippen LogP contribution in [0, 0.1) is 0 Å². The monoisotopic (exact) mass is 317 g/mol. The normalized spacial score (nSPS) is 17.2. The molecule has 0 saturated carbocycles. The molecule has 1 aliphatic rings. The lowest BCUT2D eigenvalue weighted by molar-refractivity contribution is -0.130. The van der Waals surface area contributed by atoms with Gasteiger partial charge in [0.2, 0.25) is 11.8 Å². The fraction of sp³-hybridized carbons (Fsp3) is 0.438. The van der Waals surface area contributed by atoms with Crippen LogP contribution in [0.1, 0.15) is 18.7 Å². The molecule has 1 aromatic heterocycles. The third-order valence-corrected chi connectivity index (χ3v) is 3.66. The fourth-order valence-electron chi connectivity index (χ4n) is 2.48. The van der Waals surface area contributed by atoms with E-state index in [-0.39, 0.29) is 12.0 Å². The highest BCUT2D eigenvalue weighted by molar-refractivity contribution is 5.80. The minimum atomic E-state index is -0.318. The molecule has 1 amide bonds. The Morgan fingerprint density at radius 3 is 3.04 bits per heavy atom. The summed E-state index contributed by atoms with van der Waals surface area (Å²) in [5.74, 6) is 1.47. The molecule has 0 bridgehead atoms. The molecule has 2 aromatic rings. The highest BCUT2D eigenvalue weighted by Gasteiger charge is 2.23. The van der Waals surface area contributed by atoms with Crippen LogP contribution < -0.4 is 10.1 Å². The van der Waals surface area contributed by atoms with Crippen molar-refractivity contribution in [1.82, 2.24) is 15.5 Å². The van der Waals surface area contributed by atoms with Crippen LogP contribution in [-0.4, -0.2) is 42.5 Å². The fourth-order valence-corrected chi connectivity index (χ4v) is 2.48. The number of benzene rings is 1. The van der Waals surface area contributed by atoms with Crippen LogP contribution in [0.15, 0.2) is 28.7 Å². The van der Waals surface area contributed by atoms with E-state index in [1.165, 1.54) is 0 Å². The zero-order valence-corrected chi connectivity index (χ0v) is 12.9. The zero-order valence-electron chi connectivity index (χ0n) is 12.9. The molecular weight excluding hydrogens is 298 g/mol. The third kappa shape index (κ3) is 3.68. The number of carbonyl (C=O) groups is 1. The number of nitrogens with one attached hydrogen (secondary N) is 1. The van der Waals surface area contributed by atoms with Gasteiger partial charge in [0, 0.05) is 19.6 Å². The lowest BCUT2D eigenvalue weighted by atomic mass is 10.2. The smallest absolute Gasteiger partial charge is 0.251 e. The quantitative estimate of drug-likeness (QED) is 0.870. The minimum absolute atomic E-state index is 0.0769. The maximum Gasteiger partial charge on any atom is 0.251 e. The van der Waals surface area contributed by atoms with Crippen LogP contribution in [0.2, 0.25) is 0 Å². The number of rotatable bonds is 6. The second-order valence-corrected chi connectivity index (χ2v) is 5.24. The number of methoxy groups -OCH3 is 1.